The second-order valence-electron chi connectivity index (χ2n) is 5.64. The van der Waals surface area contributed by atoms with Crippen LogP contribution in [-0.4, -0.2) is 34.8 Å². The Morgan fingerprint density at radius 2 is 1.78 bits per heavy atom. The normalized spacial score (nSPS) is 11.3. The molecule has 0 aliphatic heterocycles. The van der Waals surface area contributed by atoms with E-state index in [1.165, 1.54) is 36.0 Å². The van der Waals surface area contributed by atoms with E-state index in [1.54, 1.807) is 0 Å². The molecule has 0 unspecified atom stereocenters. The number of nitrogens with zero attached hydrogens (tertiary/aromatic N) is 3. The van der Waals surface area contributed by atoms with Gasteiger partial charge in [-0.15, -0.1) is 10.2 Å². The highest BCUT2D eigenvalue weighted by atomic mass is 32.2. The number of carbonyl (C=O) groups is 1. The number of nitrogens with one attached hydrogen (secondary N) is 1. The lowest BCUT2D eigenvalue weighted by Crippen LogP contribution is -2.15. The van der Waals surface area contributed by atoms with Crippen molar-refractivity contribution in [3.05, 3.63) is 54.6 Å². The van der Waals surface area contributed by atoms with E-state index in [-0.39, 0.29) is 16.6 Å². The first-order valence-corrected chi connectivity index (χ1v) is 10.4. The van der Waals surface area contributed by atoms with E-state index in [0.29, 0.717) is 10.8 Å². The van der Waals surface area contributed by atoms with Crippen molar-refractivity contribution >= 4 is 33.4 Å². The molecule has 0 bridgehead atoms. The van der Waals surface area contributed by atoms with Gasteiger partial charge < -0.3 is 9.88 Å². The number of anilines is 1. The Balaban J connectivity index is 1.61. The van der Waals surface area contributed by atoms with Crippen molar-refractivity contribution in [2.45, 2.75) is 10.1 Å². The van der Waals surface area contributed by atoms with Crippen LogP contribution in [0.4, 0.5) is 5.69 Å². The van der Waals surface area contributed by atoms with Crippen molar-refractivity contribution in [3.63, 3.8) is 0 Å². The summed E-state index contributed by atoms with van der Waals surface area (Å²) in [5.41, 5.74) is 1.43. The van der Waals surface area contributed by atoms with E-state index in [1.807, 2.05) is 41.9 Å². The molecule has 1 heterocycles. The number of primary sulfonamides is 1. The molecule has 0 aliphatic carbocycles. The average Bonchev–Trinajstić information content (AvgIpc) is 3.01. The van der Waals surface area contributed by atoms with Crippen LogP contribution in [0.25, 0.3) is 11.4 Å². The van der Waals surface area contributed by atoms with E-state index in [9.17, 15) is 13.2 Å². The number of aromatic nitrogens is 3. The van der Waals surface area contributed by atoms with E-state index in [4.69, 9.17) is 5.14 Å². The lowest BCUT2D eigenvalue weighted by Gasteiger charge is -2.06. The predicted octanol–water partition coefficient (Wildman–Crippen LogP) is 1.86. The summed E-state index contributed by atoms with van der Waals surface area (Å²) in [5.74, 6) is 0.613. The van der Waals surface area contributed by atoms with Crippen LogP contribution in [0.1, 0.15) is 0 Å². The highest BCUT2D eigenvalue weighted by molar-refractivity contribution is 7.99. The van der Waals surface area contributed by atoms with Gasteiger partial charge in [0.25, 0.3) is 0 Å². The monoisotopic (exact) mass is 403 g/mol. The maximum atomic E-state index is 12.1. The lowest BCUT2D eigenvalue weighted by atomic mass is 10.2. The highest BCUT2D eigenvalue weighted by Crippen LogP contribution is 2.22. The molecule has 1 amide bonds. The number of rotatable bonds is 6. The molecule has 0 atom stereocenters. The number of thioether (sulfide) groups is 1. The Morgan fingerprint density at radius 3 is 2.41 bits per heavy atom. The lowest BCUT2D eigenvalue weighted by molar-refractivity contribution is -0.113. The van der Waals surface area contributed by atoms with Gasteiger partial charge >= 0.3 is 0 Å². The molecule has 0 radical (unpaired) electrons. The summed E-state index contributed by atoms with van der Waals surface area (Å²) in [4.78, 5) is 12.1. The van der Waals surface area contributed by atoms with Crippen LogP contribution < -0.4 is 10.5 Å². The smallest absolute Gasteiger partial charge is 0.238 e. The standard InChI is InChI=1S/C17H17N5O3S2/c1-22-16(12-5-3-2-4-6-12)20-21-17(22)26-11-15(23)19-13-7-9-14(10-8-13)27(18,24)25/h2-10H,11H2,1H3,(H,19,23)(H2,18,24,25). The fourth-order valence-electron chi connectivity index (χ4n) is 2.33. The van der Waals surface area contributed by atoms with Crippen molar-refractivity contribution in [2.24, 2.45) is 12.2 Å². The van der Waals surface area contributed by atoms with Gasteiger partial charge in [-0.3, -0.25) is 4.79 Å². The minimum absolute atomic E-state index is 0.0117. The van der Waals surface area contributed by atoms with Crippen LogP contribution in [0.3, 0.4) is 0 Å². The Bertz CT molecular complexity index is 1050. The molecular formula is C17H17N5O3S2. The zero-order valence-electron chi connectivity index (χ0n) is 14.4. The van der Waals surface area contributed by atoms with Crippen LogP contribution >= 0.6 is 11.8 Å². The van der Waals surface area contributed by atoms with Crippen LogP contribution in [0.15, 0.2) is 64.6 Å². The number of amides is 1. The summed E-state index contributed by atoms with van der Waals surface area (Å²) in [5, 5.41) is 16.7. The van der Waals surface area contributed by atoms with Crippen molar-refractivity contribution in [1.82, 2.24) is 14.8 Å². The number of hydrogen-bond donors (Lipinski definition) is 2. The molecule has 1 aromatic heterocycles. The van der Waals surface area contributed by atoms with Crippen LogP contribution in [0.5, 0.6) is 0 Å². The first-order valence-electron chi connectivity index (χ1n) is 7.85. The third kappa shape index (κ3) is 4.73. The van der Waals surface area contributed by atoms with E-state index in [0.717, 1.165) is 11.4 Å². The zero-order chi connectivity index (χ0) is 19.4. The molecule has 0 aliphatic rings. The third-order valence-corrected chi connectivity index (χ3v) is 5.62. The fraction of sp³-hybridized carbons (Fsp3) is 0.118. The summed E-state index contributed by atoms with van der Waals surface area (Å²) in [6, 6.07) is 15.3. The molecule has 0 fully saturated rings. The summed E-state index contributed by atoms with van der Waals surface area (Å²) < 4.78 is 24.3. The molecule has 0 spiro atoms. The number of sulfonamides is 1. The Morgan fingerprint density at radius 1 is 1.11 bits per heavy atom. The van der Waals surface area contributed by atoms with Gasteiger partial charge in [0.1, 0.15) is 0 Å². The largest absolute Gasteiger partial charge is 0.325 e. The van der Waals surface area contributed by atoms with Crippen LogP contribution in [0, 0.1) is 0 Å². The van der Waals surface area contributed by atoms with E-state index < -0.39 is 10.0 Å². The molecular weight excluding hydrogens is 386 g/mol. The predicted molar refractivity (Wildman–Crippen MR) is 104 cm³/mol. The Kier molecular flexibility index (Phi) is 5.59. The second-order valence-corrected chi connectivity index (χ2v) is 8.14. The van der Waals surface area contributed by atoms with Gasteiger partial charge in [-0.05, 0) is 24.3 Å². The molecule has 0 saturated heterocycles. The molecule has 10 heteroatoms. The fourth-order valence-corrected chi connectivity index (χ4v) is 3.56. The number of benzene rings is 2. The highest BCUT2D eigenvalue weighted by Gasteiger charge is 2.13. The molecule has 140 valence electrons. The van der Waals surface area contributed by atoms with Crippen molar-refractivity contribution in [1.29, 1.82) is 0 Å². The van der Waals surface area contributed by atoms with Crippen molar-refractivity contribution in [3.8, 4) is 11.4 Å². The quantitative estimate of drug-likeness (QED) is 0.606. The van der Waals surface area contributed by atoms with E-state index in [2.05, 4.69) is 15.5 Å². The minimum Gasteiger partial charge on any atom is -0.325 e. The van der Waals surface area contributed by atoms with E-state index >= 15 is 0 Å². The van der Waals surface area contributed by atoms with Crippen molar-refractivity contribution in [2.75, 3.05) is 11.1 Å². The first-order chi connectivity index (χ1) is 12.8. The Hall–Kier alpha value is -2.69. The molecule has 0 saturated carbocycles. The van der Waals surface area contributed by atoms with Gasteiger partial charge in [-0.1, -0.05) is 42.1 Å². The van der Waals surface area contributed by atoms with Gasteiger partial charge in [-0.25, -0.2) is 13.6 Å². The Labute approximate surface area is 160 Å². The average molecular weight is 403 g/mol. The second kappa shape index (κ2) is 7.91. The summed E-state index contributed by atoms with van der Waals surface area (Å²) >= 11 is 1.26. The molecule has 3 N–H and O–H groups in total. The SMILES string of the molecule is Cn1c(SCC(=O)Nc2ccc(S(N)(=O)=O)cc2)nnc1-c1ccccc1. The number of nitrogens with two attached hydrogens (primary N) is 1. The third-order valence-electron chi connectivity index (χ3n) is 3.67. The van der Waals surface area contributed by atoms with Gasteiger partial charge in [0, 0.05) is 18.3 Å². The molecule has 2 aromatic carbocycles. The van der Waals surface area contributed by atoms with Gasteiger partial charge in [0.2, 0.25) is 15.9 Å². The van der Waals surface area contributed by atoms with Crippen LogP contribution in [-0.2, 0) is 21.9 Å². The zero-order valence-corrected chi connectivity index (χ0v) is 16.0. The maximum Gasteiger partial charge on any atom is 0.238 e. The van der Waals surface area contributed by atoms with Crippen LogP contribution in [0.2, 0.25) is 0 Å². The number of hydrogen-bond acceptors (Lipinski definition) is 6. The van der Waals surface area contributed by atoms with Gasteiger partial charge in [0.15, 0.2) is 11.0 Å². The summed E-state index contributed by atoms with van der Waals surface area (Å²) in [7, 11) is -1.91. The van der Waals surface area contributed by atoms with Gasteiger partial charge in [0.05, 0.1) is 10.6 Å². The molecule has 3 aromatic rings. The van der Waals surface area contributed by atoms with Crippen molar-refractivity contribution < 1.29 is 13.2 Å². The number of carbonyl (C=O) groups excluding carboxylic acids is 1. The summed E-state index contributed by atoms with van der Waals surface area (Å²) in [6.45, 7) is 0. The molecule has 3 rings (SSSR count). The minimum atomic E-state index is -3.75. The summed E-state index contributed by atoms with van der Waals surface area (Å²) in [6.07, 6.45) is 0. The van der Waals surface area contributed by atoms with Gasteiger partial charge in [-0.2, -0.15) is 0 Å². The topological polar surface area (TPSA) is 120 Å². The molecule has 8 nitrogen and oxygen atoms in total. The molecule has 27 heavy (non-hydrogen) atoms. The maximum absolute atomic E-state index is 12.1. The first kappa shape index (κ1) is 19.1.